The number of carboxylic acids is 1. The first-order valence-corrected chi connectivity index (χ1v) is 5.72. The second-order valence-corrected chi connectivity index (χ2v) is 3.74. The first-order valence-electron chi connectivity index (χ1n) is 5.72. The summed E-state index contributed by atoms with van der Waals surface area (Å²) in [7, 11) is 0. The highest BCUT2D eigenvalue weighted by Gasteiger charge is 2.15. The largest absolute Gasteiger partial charge is 0.477 e. The summed E-state index contributed by atoms with van der Waals surface area (Å²) in [6, 6.07) is 7.50. The van der Waals surface area contributed by atoms with Crippen molar-refractivity contribution < 1.29 is 14.3 Å². The van der Waals surface area contributed by atoms with Crippen LogP contribution in [0, 0.1) is 5.82 Å². The molecule has 0 atom stereocenters. The van der Waals surface area contributed by atoms with E-state index in [0.717, 1.165) is 0 Å². The van der Waals surface area contributed by atoms with E-state index < -0.39 is 11.8 Å². The molecule has 0 spiro atoms. The highest BCUT2D eigenvalue weighted by atomic mass is 19.1. The van der Waals surface area contributed by atoms with E-state index in [9.17, 15) is 9.18 Å². The van der Waals surface area contributed by atoms with E-state index >= 15 is 0 Å². The van der Waals surface area contributed by atoms with Crippen molar-refractivity contribution in [2.45, 2.75) is 6.92 Å². The maximum atomic E-state index is 13.8. The van der Waals surface area contributed by atoms with Gasteiger partial charge in [0.1, 0.15) is 5.82 Å². The lowest BCUT2D eigenvalue weighted by Gasteiger charge is -2.21. The molecule has 0 aliphatic rings. The van der Waals surface area contributed by atoms with Gasteiger partial charge in [-0.2, -0.15) is 0 Å². The molecule has 0 saturated carbocycles. The Morgan fingerprint density at radius 3 is 2.74 bits per heavy atom. The molecule has 0 saturated heterocycles. The molecule has 2 rings (SSSR count). The minimum absolute atomic E-state index is 0.125. The molecule has 2 aromatic rings. The lowest BCUT2D eigenvalue weighted by Crippen LogP contribution is -2.21. The summed E-state index contributed by atoms with van der Waals surface area (Å²) < 4.78 is 13.8. The van der Waals surface area contributed by atoms with Crippen LogP contribution in [-0.2, 0) is 0 Å². The van der Waals surface area contributed by atoms with Crippen molar-refractivity contribution in [3.05, 3.63) is 48.0 Å². The second-order valence-electron chi connectivity index (χ2n) is 3.74. The lowest BCUT2D eigenvalue weighted by atomic mass is 10.3. The highest BCUT2D eigenvalue weighted by molar-refractivity contribution is 5.85. The zero-order chi connectivity index (χ0) is 13.8. The number of rotatable bonds is 4. The van der Waals surface area contributed by atoms with Gasteiger partial charge in [0.25, 0.3) is 0 Å². The molecule has 0 aliphatic heterocycles. The Balaban J connectivity index is 2.45. The predicted molar refractivity (Wildman–Crippen MR) is 68.1 cm³/mol. The summed E-state index contributed by atoms with van der Waals surface area (Å²) >= 11 is 0. The van der Waals surface area contributed by atoms with Crippen LogP contribution in [0.25, 0.3) is 0 Å². The number of nitrogens with zero attached hydrogens (tertiary/aromatic N) is 3. The first kappa shape index (κ1) is 12.9. The quantitative estimate of drug-likeness (QED) is 0.915. The molecule has 98 valence electrons. The summed E-state index contributed by atoms with van der Waals surface area (Å²) in [6.45, 7) is 2.23. The highest BCUT2D eigenvalue weighted by Crippen LogP contribution is 2.24. The van der Waals surface area contributed by atoms with Gasteiger partial charge >= 0.3 is 5.97 Å². The van der Waals surface area contributed by atoms with E-state index in [2.05, 4.69) is 9.97 Å². The number of para-hydroxylation sites is 1. The summed E-state index contributed by atoms with van der Waals surface area (Å²) in [5.74, 6) is -1.39. The van der Waals surface area contributed by atoms with Gasteiger partial charge in [-0.25, -0.2) is 19.2 Å². The molecule has 0 bridgehead atoms. The van der Waals surface area contributed by atoms with Crippen LogP contribution in [0.15, 0.2) is 36.5 Å². The zero-order valence-corrected chi connectivity index (χ0v) is 10.2. The lowest BCUT2D eigenvalue weighted by molar-refractivity contribution is 0.0690. The summed E-state index contributed by atoms with van der Waals surface area (Å²) in [4.78, 5) is 20.3. The smallest absolute Gasteiger partial charge is 0.354 e. The Morgan fingerprint density at radius 2 is 2.11 bits per heavy atom. The van der Waals surface area contributed by atoms with Crippen LogP contribution in [0.3, 0.4) is 0 Å². The Morgan fingerprint density at radius 1 is 1.37 bits per heavy atom. The number of halogens is 1. The average molecular weight is 261 g/mol. The van der Waals surface area contributed by atoms with Crippen LogP contribution < -0.4 is 4.90 Å². The Labute approximate surface area is 109 Å². The molecule has 5 nitrogen and oxygen atoms in total. The van der Waals surface area contributed by atoms with Crippen molar-refractivity contribution in [2.75, 3.05) is 11.4 Å². The molecule has 1 aromatic carbocycles. The monoisotopic (exact) mass is 261 g/mol. The van der Waals surface area contributed by atoms with E-state index in [1.807, 2.05) is 6.92 Å². The number of carbonyl (C=O) groups is 1. The topological polar surface area (TPSA) is 66.3 Å². The molecule has 0 unspecified atom stereocenters. The van der Waals surface area contributed by atoms with Crippen LogP contribution in [0.5, 0.6) is 0 Å². The number of benzene rings is 1. The van der Waals surface area contributed by atoms with Crippen LogP contribution in [0.1, 0.15) is 17.4 Å². The van der Waals surface area contributed by atoms with E-state index in [1.165, 1.54) is 23.2 Å². The second kappa shape index (κ2) is 5.43. The number of aromatic nitrogens is 2. The van der Waals surface area contributed by atoms with Gasteiger partial charge in [0.15, 0.2) is 5.69 Å². The average Bonchev–Trinajstić information content (AvgIpc) is 2.42. The van der Waals surface area contributed by atoms with E-state index in [4.69, 9.17) is 5.11 Å². The molecule has 1 heterocycles. The molecule has 1 aromatic heterocycles. The summed E-state index contributed by atoms with van der Waals surface area (Å²) in [5, 5.41) is 8.91. The number of aromatic carboxylic acids is 1. The fraction of sp³-hybridized carbons (Fsp3) is 0.154. The minimum Gasteiger partial charge on any atom is -0.477 e. The third kappa shape index (κ3) is 2.67. The van der Waals surface area contributed by atoms with Crippen LogP contribution in [0.4, 0.5) is 16.0 Å². The molecule has 0 amide bonds. The number of anilines is 2. The maximum absolute atomic E-state index is 13.8. The third-order valence-corrected chi connectivity index (χ3v) is 2.56. The molecule has 0 aliphatic carbocycles. The first-order chi connectivity index (χ1) is 9.13. The Hall–Kier alpha value is -2.50. The van der Waals surface area contributed by atoms with Crippen LogP contribution in [-0.4, -0.2) is 27.6 Å². The predicted octanol–water partition coefficient (Wildman–Crippen LogP) is 2.47. The minimum atomic E-state index is -1.15. The van der Waals surface area contributed by atoms with E-state index in [-0.39, 0.29) is 11.6 Å². The van der Waals surface area contributed by atoms with Crippen molar-refractivity contribution in [1.29, 1.82) is 0 Å². The van der Waals surface area contributed by atoms with Gasteiger partial charge in [-0.1, -0.05) is 12.1 Å². The van der Waals surface area contributed by atoms with Crippen molar-refractivity contribution >= 4 is 17.6 Å². The molecule has 19 heavy (non-hydrogen) atoms. The third-order valence-electron chi connectivity index (χ3n) is 2.56. The Kier molecular flexibility index (Phi) is 3.70. The molecule has 1 N–H and O–H groups in total. The summed E-state index contributed by atoms with van der Waals surface area (Å²) in [5.41, 5.74) is 0.187. The van der Waals surface area contributed by atoms with Crippen molar-refractivity contribution in [1.82, 2.24) is 9.97 Å². The van der Waals surface area contributed by atoms with Gasteiger partial charge in [0.05, 0.1) is 5.69 Å². The van der Waals surface area contributed by atoms with E-state index in [1.54, 1.807) is 18.2 Å². The number of hydrogen-bond donors (Lipinski definition) is 1. The molecule has 0 fully saturated rings. The fourth-order valence-corrected chi connectivity index (χ4v) is 1.69. The van der Waals surface area contributed by atoms with Gasteiger partial charge in [-0.05, 0) is 25.1 Å². The molecular weight excluding hydrogens is 249 g/mol. The van der Waals surface area contributed by atoms with Gasteiger partial charge < -0.3 is 10.0 Å². The van der Waals surface area contributed by atoms with Gasteiger partial charge in [0.2, 0.25) is 5.95 Å². The molecular formula is C13H12FN3O2. The molecule has 0 radical (unpaired) electrons. The van der Waals surface area contributed by atoms with Gasteiger partial charge in [0, 0.05) is 12.7 Å². The SMILES string of the molecule is CCN(c1nccc(C(=O)O)n1)c1ccccc1F. The standard InChI is InChI=1S/C13H12FN3O2/c1-2-17(11-6-4-3-5-9(11)14)13-15-8-7-10(16-13)12(18)19/h3-8H,2H2,1H3,(H,18,19). The Bertz CT molecular complexity index is 604. The van der Waals surface area contributed by atoms with Gasteiger partial charge in [-0.3, -0.25) is 0 Å². The van der Waals surface area contributed by atoms with Crippen LogP contribution >= 0.6 is 0 Å². The number of carboxylic acid groups (broad SMARTS) is 1. The molecule has 6 heteroatoms. The normalized spacial score (nSPS) is 10.2. The summed E-state index contributed by atoms with van der Waals surface area (Å²) in [6.07, 6.45) is 1.34. The van der Waals surface area contributed by atoms with Gasteiger partial charge in [-0.15, -0.1) is 0 Å². The van der Waals surface area contributed by atoms with Crippen LogP contribution in [0.2, 0.25) is 0 Å². The fourth-order valence-electron chi connectivity index (χ4n) is 1.69. The maximum Gasteiger partial charge on any atom is 0.354 e. The van der Waals surface area contributed by atoms with Crippen molar-refractivity contribution in [3.8, 4) is 0 Å². The number of hydrogen-bond acceptors (Lipinski definition) is 4. The zero-order valence-electron chi connectivity index (χ0n) is 10.2. The van der Waals surface area contributed by atoms with Crippen molar-refractivity contribution in [3.63, 3.8) is 0 Å². The van der Waals surface area contributed by atoms with Crippen molar-refractivity contribution in [2.24, 2.45) is 0 Å². The van der Waals surface area contributed by atoms with E-state index in [0.29, 0.717) is 12.2 Å².